The van der Waals surface area contributed by atoms with Gasteiger partial charge in [-0.1, -0.05) is 17.7 Å². The minimum Gasteiger partial charge on any atom is -0.481 e. The molecule has 0 bridgehead atoms. The maximum atomic E-state index is 12.0. The maximum Gasteiger partial charge on any atom is 0.306 e. The van der Waals surface area contributed by atoms with Gasteiger partial charge >= 0.3 is 5.97 Å². The van der Waals surface area contributed by atoms with Gasteiger partial charge in [-0.05, 0) is 50.6 Å². The molecule has 2 rings (SSSR count). The van der Waals surface area contributed by atoms with Gasteiger partial charge in [-0.3, -0.25) is 14.5 Å². The van der Waals surface area contributed by atoms with Gasteiger partial charge < -0.3 is 10.4 Å². The Morgan fingerprint density at radius 3 is 2.59 bits per heavy atom. The summed E-state index contributed by atoms with van der Waals surface area (Å²) in [6.45, 7) is 3.41. The average Bonchev–Trinajstić information content (AvgIpc) is 2.44. The first-order valence-corrected chi connectivity index (χ1v) is 7.35. The van der Waals surface area contributed by atoms with Crippen LogP contribution in [0.25, 0.3) is 0 Å². The molecule has 1 saturated heterocycles. The molecule has 1 fully saturated rings. The van der Waals surface area contributed by atoms with Crippen LogP contribution in [0.1, 0.15) is 18.4 Å². The fourth-order valence-corrected chi connectivity index (χ4v) is 2.65. The van der Waals surface area contributed by atoms with E-state index in [-0.39, 0.29) is 30.8 Å². The summed E-state index contributed by atoms with van der Waals surface area (Å²) in [6, 6.07) is 5.39. The van der Waals surface area contributed by atoms with E-state index in [4.69, 9.17) is 16.7 Å². The van der Waals surface area contributed by atoms with Crippen molar-refractivity contribution in [3.63, 3.8) is 0 Å². The summed E-state index contributed by atoms with van der Waals surface area (Å²) in [7, 11) is 0. The smallest absolute Gasteiger partial charge is 0.306 e. The molecule has 1 aliphatic heterocycles. The van der Waals surface area contributed by atoms with E-state index in [1.54, 1.807) is 12.1 Å². The molecule has 1 heterocycles. The Kier molecular flexibility index (Phi) is 7.13. The lowest BCUT2D eigenvalue weighted by Gasteiger charge is -2.29. The zero-order valence-corrected chi connectivity index (χ0v) is 13.9. The quantitative estimate of drug-likeness (QED) is 0.879. The normalized spacial score (nSPS) is 15.9. The van der Waals surface area contributed by atoms with Crippen molar-refractivity contribution in [2.24, 2.45) is 5.92 Å². The predicted molar refractivity (Wildman–Crippen MR) is 88.9 cm³/mol. The van der Waals surface area contributed by atoms with Crippen LogP contribution in [0.15, 0.2) is 18.2 Å². The van der Waals surface area contributed by atoms with Crippen LogP contribution in [0.2, 0.25) is 5.02 Å². The lowest BCUT2D eigenvalue weighted by Crippen LogP contribution is -2.40. The highest BCUT2D eigenvalue weighted by Crippen LogP contribution is 2.23. The Morgan fingerprint density at radius 2 is 2.00 bits per heavy atom. The van der Waals surface area contributed by atoms with Gasteiger partial charge in [0.2, 0.25) is 5.91 Å². The lowest BCUT2D eigenvalue weighted by molar-refractivity contribution is -0.143. The largest absolute Gasteiger partial charge is 0.481 e. The molecule has 0 saturated carbocycles. The first-order valence-electron chi connectivity index (χ1n) is 6.97. The van der Waals surface area contributed by atoms with E-state index < -0.39 is 5.97 Å². The first-order chi connectivity index (χ1) is 9.97. The van der Waals surface area contributed by atoms with Crippen LogP contribution in [0, 0.1) is 12.8 Å². The summed E-state index contributed by atoms with van der Waals surface area (Å²) in [5, 5.41) is 12.4. The average molecular weight is 347 g/mol. The number of hydrogen-bond acceptors (Lipinski definition) is 3. The first kappa shape index (κ1) is 18.7. The van der Waals surface area contributed by atoms with Gasteiger partial charge in [-0.25, -0.2) is 0 Å². The van der Waals surface area contributed by atoms with Crippen LogP contribution in [-0.2, 0) is 9.59 Å². The second-order valence-electron chi connectivity index (χ2n) is 5.35. The van der Waals surface area contributed by atoms with Gasteiger partial charge in [0.25, 0.3) is 0 Å². The number of nitrogens with zero attached hydrogens (tertiary/aromatic N) is 1. The van der Waals surface area contributed by atoms with Crippen molar-refractivity contribution in [3.05, 3.63) is 28.8 Å². The molecule has 7 heteroatoms. The Balaban J connectivity index is 0.00000242. The van der Waals surface area contributed by atoms with Crippen molar-refractivity contribution in [2.75, 3.05) is 25.0 Å². The molecule has 1 amide bonds. The minimum absolute atomic E-state index is 0. The summed E-state index contributed by atoms with van der Waals surface area (Å²) in [5.74, 6) is -1.12. The number of piperidine rings is 1. The molecule has 122 valence electrons. The second kappa shape index (κ2) is 8.36. The fraction of sp³-hybridized carbons (Fsp3) is 0.467. The fourth-order valence-electron chi connectivity index (χ4n) is 2.47. The molecule has 0 aliphatic carbocycles. The number of carboxylic acids is 1. The summed E-state index contributed by atoms with van der Waals surface area (Å²) in [5.41, 5.74) is 1.56. The molecule has 0 aromatic heterocycles. The molecular weight excluding hydrogens is 327 g/mol. The van der Waals surface area contributed by atoms with Gasteiger partial charge in [0, 0.05) is 10.7 Å². The summed E-state index contributed by atoms with van der Waals surface area (Å²) >= 11 is 6.02. The summed E-state index contributed by atoms with van der Waals surface area (Å²) < 4.78 is 0. The second-order valence-corrected chi connectivity index (χ2v) is 5.76. The zero-order valence-electron chi connectivity index (χ0n) is 12.3. The molecule has 5 nitrogen and oxygen atoms in total. The summed E-state index contributed by atoms with van der Waals surface area (Å²) in [4.78, 5) is 24.9. The number of likely N-dealkylation sites (tertiary alicyclic amines) is 1. The van der Waals surface area contributed by atoms with Crippen LogP contribution >= 0.6 is 24.0 Å². The van der Waals surface area contributed by atoms with Crippen LogP contribution < -0.4 is 5.32 Å². The highest BCUT2D eigenvalue weighted by Gasteiger charge is 2.25. The van der Waals surface area contributed by atoms with Gasteiger partial charge in [-0.2, -0.15) is 0 Å². The van der Waals surface area contributed by atoms with E-state index in [0.29, 0.717) is 36.6 Å². The number of rotatable bonds is 4. The number of carbonyl (C=O) groups is 2. The van der Waals surface area contributed by atoms with E-state index in [1.807, 2.05) is 17.9 Å². The van der Waals surface area contributed by atoms with Crippen molar-refractivity contribution >= 4 is 41.6 Å². The van der Waals surface area contributed by atoms with Gasteiger partial charge in [0.05, 0.1) is 12.5 Å². The van der Waals surface area contributed by atoms with Crippen LogP contribution in [0.3, 0.4) is 0 Å². The Hall–Kier alpha value is -1.30. The third-order valence-electron chi connectivity index (χ3n) is 3.85. The van der Waals surface area contributed by atoms with Crippen molar-refractivity contribution in [1.82, 2.24) is 4.90 Å². The highest BCUT2D eigenvalue weighted by molar-refractivity contribution is 6.31. The molecule has 1 aromatic carbocycles. The SMILES string of the molecule is Cc1c(Cl)cccc1NC(=O)CN1CCC(C(=O)O)CC1.Cl. The van der Waals surface area contributed by atoms with Crippen LogP contribution in [0.4, 0.5) is 5.69 Å². The van der Waals surface area contributed by atoms with Gasteiger partial charge in [0.15, 0.2) is 0 Å². The number of halogens is 2. The van der Waals surface area contributed by atoms with Crippen LogP contribution in [-0.4, -0.2) is 41.5 Å². The van der Waals surface area contributed by atoms with E-state index in [0.717, 1.165) is 5.56 Å². The molecule has 0 radical (unpaired) electrons. The summed E-state index contributed by atoms with van der Waals surface area (Å²) in [6.07, 6.45) is 1.19. The van der Waals surface area contributed by atoms with E-state index in [1.165, 1.54) is 0 Å². The predicted octanol–water partition coefficient (Wildman–Crippen LogP) is 2.81. The van der Waals surface area contributed by atoms with Gasteiger partial charge in [0.1, 0.15) is 0 Å². The molecule has 0 atom stereocenters. The van der Waals surface area contributed by atoms with Crippen molar-refractivity contribution in [3.8, 4) is 0 Å². The minimum atomic E-state index is -0.742. The van der Waals surface area contributed by atoms with Crippen molar-refractivity contribution in [1.29, 1.82) is 0 Å². The van der Waals surface area contributed by atoms with E-state index in [2.05, 4.69) is 5.32 Å². The lowest BCUT2D eigenvalue weighted by atomic mass is 9.97. The molecule has 22 heavy (non-hydrogen) atoms. The third-order valence-corrected chi connectivity index (χ3v) is 4.26. The third kappa shape index (κ3) is 4.87. The number of anilines is 1. The topological polar surface area (TPSA) is 69.6 Å². The van der Waals surface area contributed by atoms with Crippen molar-refractivity contribution in [2.45, 2.75) is 19.8 Å². The van der Waals surface area contributed by atoms with E-state index >= 15 is 0 Å². The van der Waals surface area contributed by atoms with Crippen molar-refractivity contribution < 1.29 is 14.7 Å². The number of hydrogen-bond donors (Lipinski definition) is 2. The molecule has 0 spiro atoms. The number of carboxylic acid groups (broad SMARTS) is 1. The monoisotopic (exact) mass is 346 g/mol. The number of nitrogens with one attached hydrogen (secondary N) is 1. The number of benzene rings is 1. The number of aliphatic carboxylic acids is 1. The van der Waals surface area contributed by atoms with E-state index in [9.17, 15) is 9.59 Å². The molecule has 1 aliphatic rings. The Morgan fingerprint density at radius 1 is 1.36 bits per heavy atom. The Labute approximate surface area is 141 Å². The number of amides is 1. The maximum absolute atomic E-state index is 12.0. The zero-order chi connectivity index (χ0) is 15.4. The Bertz CT molecular complexity index is 544. The highest BCUT2D eigenvalue weighted by atomic mass is 35.5. The molecule has 1 aromatic rings. The molecular formula is C15H20Cl2N2O3. The molecule has 0 unspecified atom stereocenters. The van der Waals surface area contributed by atoms with Gasteiger partial charge in [-0.15, -0.1) is 12.4 Å². The van der Waals surface area contributed by atoms with Crippen LogP contribution in [0.5, 0.6) is 0 Å². The standard InChI is InChI=1S/C15H19ClN2O3.ClH/c1-10-12(16)3-2-4-13(10)17-14(19)9-18-7-5-11(6-8-18)15(20)21;/h2-4,11H,5-9H2,1H3,(H,17,19)(H,20,21);1H. The molecule has 2 N–H and O–H groups in total. The number of carbonyl (C=O) groups excluding carboxylic acids is 1.